The van der Waals surface area contributed by atoms with E-state index in [9.17, 15) is 26.7 Å². The molecule has 1 aromatic carbocycles. The van der Waals surface area contributed by atoms with E-state index in [-0.39, 0.29) is 34.1 Å². The molecule has 182 valence electrons. The number of ether oxygens (including phenoxy) is 1. The molecule has 0 unspecified atom stereocenters. The molecule has 3 aromatic rings. The van der Waals surface area contributed by atoms with Crippen molar-refractivity contribution in [2.24, 2.45) is 0 Å². The number of amides is 1. The molecular formula is C21H21F5N6O2. The summed E-state index contributed by atoms with van der Waals surface area (Å²) in [6.07, 6.45) is -5.22. The molecule has 2 aromatic heterocycles. The summed E-state index contributed by atoms with van der Waals surface area (Å²) in [6, 6.07) is 2.46. The number of aromatic nitrogens is 3. The second-order valence-corrected chi connectivity index (χ2v) is 7.71. The molecule has 0 radical (unpaired) electrons. The van der Waals surface area contributed by atoms with Crippen molar-refractivity contribution in [2.75, 3.05) is 30.8 Å². The second-order valence-electron chi connectivity index (χ2n) is 7.71. The van der Waals surface area contributed by atoms with E-state index < -0.39 is 35.5 Å². The highest BCUT2D eigenvalue weighted by Gasteiger charge is 2.36. The first-order valence-corrected chi connectivity index (χ1v) is 10.4. The number of fused-ring (bicyclic) bond motifs is 1. The predicted octanol–water partition coefficient (Wildman–Crippen LogP) is 4.92. The number of H-pyrrole nitrogens is 1. The maximum Gasteiger partial charge on any atom is 0.419 e. The van der Waals surface area contributed by atoms with Gasteiger partial charge in [0.25, 0.3) is 6.43 Å². The van der Waals surface area contributed by atoms with Gasteiger partial charge in [-0.05, 0) is 25.5 Å². The highest BCUT2D eigenvalue weighted by atomic mass is 19.4. The third kappa shape index (κ3) is 4.74. The van der Waals surface area contributed by atoms with Gasteiger partial charge in [-0.3, -0.25) is 5.32 Å². The van der Waals surface area contributed by atoms with Gasteiger partial charge in [-0.15, -0.1) is 0 Å². The zero-order valence-corrected chi connectivity index (χ0v) is 17.9. The first-order valence-electron chi connectivity index (χ1n) is 10.4. The Morgan fingerprint density at radius 3 is 2.74 bits per heavy atom. The summed E-state index contributed by atoms with van der Waals surface area (Å²) in [7, 11) is 1.07. The van der Waals surface area contributed by atoms with Gasteiger partial charge < -0.3 is 20.4 Å². The zero-order valence-electron chi connectivity index (χ0n) is 17.9. The number of nitrogens with zero attached hydrogens (tertiary/aromatic N) is 2. The summed E-state index contributed by atoms with van der Waals surface area (Å²) >= 11 is 0. The van der Waals surface area contributed by atoms with Gasteiger partial charge in [-0.1, -0.05) is 6.07 Å². The van der Waals surface area contributed by atoms with Crippen LogP contribution in [0.2, 0.25) is 0 Å². The van der Waals surface area contributed by atoms with Crippen LogP contribution in [0.15, 0.2) is 24.5 Å². The minimum Gasteiger partial charge on any atom is -0.453 e. The first kappa shape index (κ1) is 23.7. The van der Waals surface area contributed by atoms with Gasteiger partial charge in [-0.2, -0.15) is 13.2 Å². The number of halogens is 5. The van der Waals surface area contributed by atoms with Crippen molar-refractivity contribution in [3.8, 4) is 11.3 Å². The zero-order chi connectivity index (χ0) is 24.5. The number of methoxy groups -OCH3 is 1. The van der Waals surface area contributed by atoms with Crippen molar-refractivity contribution in [1.82, 2.24) is 20.3 Å². The number of aromatic amines is 1. The lowest BCUT2D eigenvalue weighted by Crippen LogP contribution is -2.38. The molecule has 1 aliphatic heterocycles. The van der Waals surface area contributed by atoms with E-state index in [1.54, 1.807) is 0 Å². The van der Waals surface area contributed by atoms with Gasteiger partial charge in [0, 0.05) is 35.9 Å². The molecule has 1 atom stereocenters. The largest absolute Gasteiger partial charge is 0.453 e. The average molecular weight is 484 g/mol. The van der Waals surface area contributed by atoms with E-state index >= 15 is 0 Å². The number of piperidine rings is 1. The molecule has 4 rings (SSSR count). The van der Waals surface area contributed by atoms with Crippen LogP contribution in [0, 0.1) is 0 Å². The van der Waals surface area contributed by atoms with Crippen LogP contribution >= 0.6 is 0 Å². The number of carbonyl (C=O) groups excluding carboxylic acids is 1. The highest BCUT2D eigenvalue weighted by Crippen LogP contribution is 2.42. The Kier molecular flexibility index (Phi) is 6.55. The van der Waals surface area contributed by atoms with E-state index in [4.69, 9.17) is 0 Å². The van der Waals surface area contributed by atoms with Crippen LogP contribution in [0.25, 0.3) is 22.2 Å². The van der Waals surface area contributed by atoms with E-state index in [1.165, 1.54) is 18.3 Å². The molecule has 34 heavy (non-hydrogen) atoms. The summed E-state index contributed by atoms with van der Waals surface area (Å²) < 4.78 is 73.6. The first-order chi connectivity index (χ1) is 16.2. The monoisotopic (exact) mass is 484 g/mol. The van der Waals surface area contributed by atoms with Crippen molar-refractivity contribution in [3.63, 3.8) is 0 Å². The fourth-order valence-electron chi connectivity index (χ4n) is 3.94. The number of carbonyl (C=O) groups is 1. The van der Waals surface area contributed by atoms with E-state index in [0.717, 1.165) is 26.5 Å². The minimum absolute atomic E-state index is 0.00381. The molecule has 13 heteroatoms. The Balaban J connectivity index is 1.82. The summed E-state index contributed by atoms with van der Waals surface area (Å²) in [5.74, 6) is 0.00381. The summed E-state index contributed by atoms with van der Waals surface area (Å²) in [5.41, 5.74) is -2.51. The van der Waals surface area contributed by atoms with Gasteiger partial charge in [0.2, 0.25) is 5.95 Å². The van der Waals surface area contributed by atoms with E-state index in [2.05, 4.69) is 35.6 Å². The predicted molar refractivity (Wildman–Crippen MR) is 115 cm³/mol. The molecule has 1 saturated heterocycles. The maximum atomic E-state index is 13.9. The van der Waals surface area contributed by atoms with Gasteiger partial charge in [0.15, 0.2) is 0 Å². The third-order valence-corrected chi connectivity index (χ3v) is 5.52. The van der Waals surface area contributed by atoms with Crippen LogP contribution in [0.3, 0.4) is 0 Å². The molecule has 3 heterocycles. The van der Waals surface area contributed by atoms with Gasteiger partial charge in [-0.25, -0.2) is 23.5 Å². The Bertz CT molecular complexity index is 1190. The number of nitrogens with one attached hydrogen (secondary N) is 4. The number of alkyl halides is 5. The Morgan fingerprint density at radius 1 is 1.29 bits per heavy atom. The lowest BCUT2D eigenvalue weighted by atomic mass is 10.0. The Labute approximate surface area is 190 Å². The van der Waals surface area contributed by atoms with Crippen LogP contribution < -0.4 is 16.0 Å². The van der Waals surface area contributed by atoms with Gasteiger partial charge >= 0.3 is 12.3 Å². The molecule has 8 nitrogen and oxygen atoms in total. The van der Waals surface area contributed by atoms with Crippen molar-refractivity contribution >= 4 is 28.6 Å². The van der Waals surface area contributed by atoms with Crippen molar-refractivity contribution < 1.29 is 31.5 Å². The van der Waals surface area contributed by atoms with E-state index in [1.807, 2.05) is 0 Å². The average Bonchev–Trinajstić information content (AvgIpc) is 3.22. The van der Waals surface area contributed by atoms with Crippen LogP contribution in [0.1, 0.15) is 30.4 Å². The minimum atomic E-state index is -4.78. The lowest BCUT2D eigenvalue weighted by Gasteiger charge is -2.24. The number of anilines is 2. The van der Waals surface area contributed by atoms with Crippen molar-refractivity contribution in [1.29, 1.82) is 0 Å². The summed E-state index contributed by atoms with van der Waals surface area (Å²) in [5, 5.41) is 8.49. The molecule has 0 saturated carbocycles. The molecular weight excluding hydrogens is 463 g/mol. The number of benzene rings is 1. The number of hydrogen-bond donors (Lipinski definition) is 4. The van der Waals surface area contributed by atoms with Crippen LogP contribution in [0.4, 0.5) is 38.4 Å². The topological polar surface area (TPSA) is 104 Å². The molecule has 4 N–H and O–H groups in total. The van der Waals surface area contributed by atoms with Crippen LogP contribution in [-0.2, 0) is 10.9 Å². The standard InChI is InChI=1S/C21H21F5N6O2/c1-34-20(33)31-14-5-4-11-12(8-28-17(11)15(14)18(22)23)16-13(21(24,25)26)9-29-19(32-16)30-10-3-2-6-27-7-10/h4-5,8-10,18,27-28H,2-3,6-7H2,1H3,(H,31,33)(H,29,30,32)/t10-/m0/s1. The van der Waals surface area contributed by atoms with Crippen molar-refractivity contribution in [3.05, 3.63) is 35.7 Å². The summed E-state index contributed by atoms with van der Waals surface area (Å²) in [6.45, 7) is 1.46. The molecule has 0 bridgehead atoms. The summed E-state index contributed by atoms with van der Waals surface area (Å²) in [4.78, 5) is 22.1. The van der Waals surface area contributed by atoms with Gasteiger partial charge in [0.05, 0.1) is 29.6 Å². The quantitative estimate of drug-likeness (QED) is 0.383. The van der Waals surface area contributed by atoms with Gasteiger partial charge in [0.1, 0.15) is 5.56 Å². The Morgan fingerprint density at radius 2 is 2.09 bits per heavy atom. The van der Waals surface area contributed by atoms with Crippen LogP contribution in [0.5, 0.6) is 0 Å². The molecule has 1 amide bonds. The fourth-order valence-corrected chi connectivity index (χ4v) is 3.94. The van der Waals surface area contributed by atoms with E-state index in [0.29, 0.717) is 12.7 Å². The second kappa shape index (κ2) is 9.41. The smallest absolute Gasteiger partial charge is 0.419 e. The fraction of sp³-hybridized carbons (Fsp3) is 0.381. The Hall–Kier alpha value is -3.48. The highest BCUT2D eigenvalue weighted by molar-refractivity contribution is 6.01. The van der Waals surface area contributed by atoms with Crippen LogP contribution in [-0.4, -0.2) is 47.3 Å². The number of hydrogen-bond acceptors (Lipinski definition) is 6. The third-order valence-electron chi connectivity index (χ3n) is 5.52. The molecule has 1 aliphatic rings. The van der Waals surface area contributed by atoms with Crippen molar-refractivity contribution in [2.45, 2.75) is 31.5 Å². The SMILES string of the molecule is COC(=O)Nc1ccc2c(-c3nc(N[C@H]4CCCNC4)ncc3C(F)(F)F)c[nH]c2c1C(F)F. The normalized spacial score (nSPS) is 16.6. The number of rotatable bonds is 5. The molecule has 1 fully saturated rings. The molecule has 0 spiro atoms. The molecule has 0 aliphatic carbocycles. The maximum absolute atomic E-state index is 13.9. The lowest BCUT2D eigenvalue weighted by molar-refractivity contribution is -0.137.